The highest BCUT2D eigenvalue weighted by molar-refractivity contribution is 7.17. The first-order valence-electron chi connectivity index (χ1n) is 7.93. The summed E-state index contributed by atoms with van der Waals surface area (Å²) in [5.41, 5.74) is 0.906. The van der Waals surface area contributed by atoms with Crippen molar-refractivity contribution in [1.29, 1.82) is 0 Å². The van der Waals surface area contributed by atoms with E-state index < -0.39 is 6.10 Å². The van der Waals surface area contributed by atoms with Gasteiger partial charge >= 0.3 is 0 Å². The van der Waals surface area contributed by atoms with E-state index in [4.69, 9.17) is 4.74 Å². The fraction of sp³-hybridized carbons (Fsp3) is 0.556. The second-order valence-electron chi connectivity index (χ2n) is 6.16. The van der Waals surface area contributed by atoms with Crippen molar-refractivity contribution in [1.82, 2.24) is 0 Å². The average Bonchev–Trinajstić information content (AvgIpc) is 2.76. The van der Waals surface area contributed by atoms with Crippen LogP contribution in [0.5, 0.6) is 0 Å². The summed E-state index contributed by atoms with van der Waals surface area (Å²) in [5.74, 6) is 0. The van der Waals surface area contributed by atoms with Gasteiger partial charge in [0, 0.05) is 18.2 Å². The minimum Gasteiger partial charge on any atom is -0.390 e. The molecular formula is C18H24O2S. The predicted octanol–water partition coefficient (Wildman–Crippen LogP) is 4.54. The van der Waals surface area contributed by atoms with Gasteiger partial charge in [0.1, 0.15) is 0 Å². The average molecular weight is 304 g/mol. The third-order valence-electron chi connectivity index (χ3n) is 4.94. The number of aliphatic hydroxyl groups excluding tert-OH is 1. The zero-order valence-corrected chi connectivity index (χ0v) is 13.5. The van der Waals surface area contributed by atoms with Crippen LogP contribution in [0.15, 0.2) is 29.6 Å². The van der Waals surface area contributed by atoms with Crippen molar-refractivity contribution in [3.05, 3.63) is 35.2 Å². The van der Waals surface area contributed by atoms with Gasteiger partial charge in [0.05, 0.1) is 11.7 Å². The van der Waals surface area contributed by atoms with Crippen molar-refractivity contribution in [2.75, 3.05) is 7.11 Å². The Morgan fingerprint density at radius 1 is 1.19 bits per heavy atom. The molecule has 0 bridgehead atoms. The number of rotatable bonds is 4. The SMILES string of the molecule is COC1(C(O)Cc2csc3ccccc23)CCCCCC1. The number of benzene rings is 1. The molecule has 0 saturated heterocycles. The Balaban J connectivity index is 1.82. The summed E-state index contributed by atoms with van der Waals surface area (Å²) < 4.78 is 7.13. The van der Waals surface area contributed by atoms with Gasteiger partial charge in [-0.15, -0.1) is 11.3 Å². The van der Waals surface area contributed by atoms with Gasteiger partial charge in [-0.2, -0.15) is 0 Å². The van der Waals surface area contributed by atoms with Crippen LogP contribution in [0, 0.1) is 0 Å². The Hall–Kier alpha value is -0.900. The quantitative estimate of drug-likeness (QED) is 0.840. The molecule has 0 aliphatic heterocycles. The smallest absolute Gasteiger partial charge is 0.0939 e. The fourth-order valence-corrected chi connectivity index (χ4v) is 4.56. The highest BCUT2D eigenvalue weighted by Gasteiger charge is 2.38. The number of aliphatic hydroxyl groups is 1. The summed E-state index contributed by atoms with van der Waals surface area (Å²) in [5, 5.41) is 14.3. The molecule has 21 heavy (non-hydrogen) atoms. The third kappa shape index (κ3) is 3.01. The molecule has 0 radical (unpaired) electrons. The van der Waals surface area contributed by atoms with Crippen LogP contribution < -0.4 is 0 Å². The largest absolute Gasteiger partial charge is 0.390 e. The lowest BCUT2D eigenvalue weighted by molar-refractivity contribution is -0.110. The second-order valence-corrected chi connectivity index (χ2v) is 7.07. The lowest BCUT2D eigenvalue weighted by Gasteiger charge is -2.36. The van der Waals surface area contributed by atoms with Crippen LogP contribution in [0.25, 0.3) is 10.1 Å². The van der Waals surface area contributed by atoms with Crippen molar-refractivity contribution in [2.45, 2.75) is 56.7 Å². The molecule has 3 heteroatoms. The van der Waals surface area contributed by atoms with Gasteiger partial charge in [-0.25, -0.2) is 0 Å². The molecule has 0 amide bonds. The van der Waals surface area contributed by atoms with Crippen LogP contribution in [0.1, 0.15) is 44.1 Å². The lowest BCUT2D eigenvalue weighted by atomic mass is 9.85. The monoisotopic (exact) mass is 304 g/mol. The molecule has 1 aliphatic carbocycles. The summed E-state index contributed by atoms with van der Waals surface area (Å²) in [4.78, 5) is 0. The molecule has 114 valence electrons. The zero-order valence-electron chi connectivity index (χ0n) is 12.7. The van der Waals surface area contributed by atoms with E-state index in [9.17, 15) is 5.11 Å². The lowest BCUT2D eigenvalue weighted by Crippen LogP contribution is -2.45. The van der Waals surface area contributed by atoms with E-state index in [1.54, 1.807) is 18.4 Å². The van der Waals surface area contributed by atoms with Crippen LogP contribution in [0.2, 0.25) is 0 Å². The first-order valence-corrected chi connectivity index (χ1v) is 8.81. The van der Waals surface area contributed by atoms with E-state index in [0.29, 0.717) is 6.42 Å². The molecule has 1 atom stereocenters. The summed E-state index contributed by atoms with van der Waals surface area (Å²) >= 11 is 1.76. The Labute approximate surface area is 130 Å². The summed E-state index contributed by atoms with van der Waals surface area (Å²) in [6.45, 7) is 0. The van der Waals surface area contributed by atoms with Crippen molar-refractivity contribution in [2.24, 2.45) is 0 Å². The summed E-state index contributed by atoms with van der Waals surface area (Å²) in [6.07, 6.45) is 7.08. The molecule has 1 aromatic heterocycles. The highest BCUT2D eigenvalue weighted by Crippen LogP contribution is 2.36. The molecule has 0 spiro atoms. The van der Waals surface area contributed by atoms with Crippen LogP contribution in [-0.2, 0) is 11.2 Å². The summed E-state index contributed by atoms with van der Waals surface area (Å²) in [7, 11) is 1.76. The molecule has 1 N–H and O–H groups in total. The third-order valence-corrected chi connectivity index (χ3v) is 5.95. The summed E-state index contributed by atoms with van der Waals surface area (Å²) in [6, 6.07) is 8.44. The van der Waals surface area contributed by atoms with Crippen LogP contribution in [-0.4, -0.2) is 23.9 Å². The molecule has 1 aromatic carbocycles. The van der Waals surface area contributed by atoms with Crippen molar-refractivity contribution >= 4 is 21.4 Å². The number of ether oxygens (including phenoxy) is 1. The van der Waals surface area contributed by atoms with Gasteiger partial charge < -0.3 is 9.84 Å². The van der Waals surface area contributed by atoms with E-state index in [2.05, 4.69) is 29.6 Å². The number of hydrogen-bond donors (Lipinski definition) is 1. The molecule has 2 aromatic rings. The number of hydrogen-bond acceptors (Lipinski definition) is 3. The van der Waals surface area contributed by atoms with E-state index >= 15 is 0 Å². The van der Waals surface area contributed by atoms with Crippen molar-refractivity contribution in [3.8, 4) is 0 Å². The minimum absolute atomic E-state index is 0.348. The Morgan fingerprint density at radius 2 is 1.90 bits per heavy atom. The molecule has 1 fully saturated rings. The van der Waals surface area contributed by atoms with E-state index in [-0.39, 0.29) is 5.60 Å². The van der Waals surface area contributed by atoms with Crippen LogP contribution in [0.4, 0.5) is 0 Å². The van der Waals surface area contributed by atoms with Gasteiger partial charge in [-0.05, 0) is 35.2 Å². The van der Waals surface area contributed by atoms with E-state index in [1.807, 2.05) is 0 Å². The predicted molar refractivity (Wildman–Crippen MR) is 89.0 cm³/mol. The molecule has 3 rings (SSSR count). The first kappa shape index (κ1) is 15.0. The Bertz CT molecular complexity index is 582. The number of fused-ring (bicyclic) bond motifs is 1. The molecule has 1 heterocycles. The standard InChI is InChI=1S/C18H24O2S/c1-20-18(10-6-2-3-7-11-18)17(19)12-14-13-21-16-9-5-4-8-15(14)16/h4-5,8-9,13,17,19H,2-3,6-7,10-12H2,1H3. The van der Waals surface area contributed by atoms with Gasteiger partial charge in [0.25, 0.3) is 0 Å². The maximum absolute atomic E-state index is 10.9. The Kier molecular flexibility index (Phi) is 4.63. The number of methoxy groups -OCH3 is 1. The number of thiophene rings is 1. The van der Waals surface area contributed by atoms with Crippen molar-refractivity contribution in [3.63, 3.8) is 0 Å². The van der Waals surface area contributed by atoms with Gasteiger partial charge in [0.15, 0.2) is 0 Å². The van der Waals surface area contributed by atoms with Gasteiger partial charge in [-0.1, -0.05) is 43.9 Å². The normalized spacial score (nSPS) is 20.3. The molecule has 2 nitrogen and oxygen atoms in total. The van der Waals surface area contributed by atoms with E-state index in [1.165, 1.54) is 28.5 Å². The van der Waals surface area contributed by atoms with Crippen molar-refractivity contribution < 1.29 is 9.84 Å². The Morgan fingerprint density at radius 3 is 2.62 bits per heavy atom. The molecule has 1 saturated carbocycles. The maximum atomic E-state index is 10.9. The second kappa shape index (κ2) is 6.47. The highest BCUT2D eigenvalue weighted by atomic mass is 32.1. The van der Waals surface area contributed by atoms with Gasteiger partial charge in [-0.3, -0.25) is 0 Å². The minimum atomic E-state index is -0.418. The molecule has 1 aliphatic rings. The van der Waals surface area contributed by atoms with Crippen LogP contribution in [0.3, 0.4) is 0 Å². The molecular weight excluding hydrogens is 280 g/mol. The first-order chi connectivity index (χ1) is 10.2. The topological polar surface area (TPSA) is 29.5 Å². The zero-order chi connectivity index (χ0) is 14.7. The van der Waals surface area contributed by atoms with Gasteiger partial charge in [0.2, 0.25) is 0 Å². The fourth-order valence-electron chi connectivity index (χ4n) is 3.59. The van der Waals surface area contributed by atoms with Crippen LogP contribution >= 0.6 is 11.3 Å². The molecule has 1 unspecified atom stereocenters. The maximum Gasteiger partial charge on any atom is 0.0939 e. The van der Waals surface area contributed by atoms with E-state index in [0.717, 1.165) is 25.7 Å².